The lowest BCUT2D eigenvalue weighted by Gasteiger charge is -2.43. The molecule has 0 aromatic heterocycles. The third-order valence-corrected chi connectivity index (χ3v) is 8.32. The van der Waals surface area contributed by atoms with Gasteiger partial charge in [0.1, 0.15) is 0 Å². The number of hydrogen-bond acceptors (Lipinski definition) is 2. The Labute approximate surface area is 126 Å². The van der Waals surface area contributed by atoms with Gasteiger partial charge < -0.3 is 0 Å². The van der Waals surface area contributed by atoms with Crippen molar-refractivity contribution in [2.24, 2.45) is 17.3 Å². The molecule has 0 bridgehead atoms. The number of sulfone groups is 1. The van der Waals surface area contributed by atoms with Crippen molar-refractivity contribution in [2.45, 2.75) is 58.3 Å². The van der Waals surface area contributed by atoms with E-state index in [4.69, 9.17) is 0 Å². The van der Waals surface area contributed by atoms with Crippen LogP contribution in [-0.4, -0.2) is 25.3 Å². The topological polar surface area (TPSA) is 34.1 Å². The first-order valence-electron chi connectivity index (χ1n) is 7.78. The predicted octanol–water partition coefficient (Wildman–Crippen LogP) is 4.18. The van der Waals surface area contributed by atoms with Crippen molar-refractivity contribution in [3.8, 4) is 0 Å². The Kier molecular flexibility index (Phi) is 5.38. The van der Waals surface area contributed by atoms with Gasteiger partial charge in [0.2, 0.25) is 0 Å². The SMILES string of the molecule is CCCCC1CCC(CBr)(C2CCS(=O)(=O)C2)CC1. The summed E-state index contributed by atoms with van der Waals surface area (Å²) in [6, 6.07) is 0. The highest BCUT2D eigenvalue weighted by molar-refractivity contribution is 9.09. The molecule has 0 N–H and O–H groups in total. The van der Waals surface area contributed by atoms with Crippen LogP contribution in [0.4, 0.5) is 0 Å². The average molecular weight is 351 g/mol. The molecule has 19 heavy (non-hydrogen) atoms. The first kappa shape index (κ1) is 15.8. The third kappa shape index (κ3) is 3.75. The van der Waals surface area contributed by atoms with E-state index < -0.39 is 9.84 Å². The Morgan fingerprint density at radius 3 is 2.37 bits per heavy atom. The van der Waals surface area contributed by atoms with Crippen LogP contribution in [0.1, 0.15) is 58.3 Å². The molecule has 1 aliphatic carbocycles. The Hall–Kier alpha value is 0.430. The Morgan fingerprint density at radius 1 is 1.21 bits per heavy atom. The molecule has 0 aromatic carbocycles. The average Bonchev–Trinajstić information content (AvgIpc) is 2.78. The molecule has 1 heterocycles. The smallest absolute Gasteiger partial charge is 0.150 e. The van der Waals surface area contributed by atoms with Crippen LogP contribution in [0.2, 0.25) is 0 Å². The van der Waals surface area contributed by atoms with Crippen LogP contribution in [0.3, 0.4) is 0 Å². The minimum Gasteiger partial charge on any atom is -0.229 e. The second-order valence-corrected chi connectivity index (χ2v) is 9.47. The lowest BCUT2D eigenvalue weighted by atomic mass is 9.64. The van der Waals surface area contributed by atoms with Crippen molar-refractivity contribution < 1.29 is 8.42 Å². The van der Waals surface area contributed by atoms with E-state index in [2.05, 4.69) is 22.9 Å². The van der Waals surface area contributed by atoms with Crippen molar-refractivity contribution in [1.82, 2.24) is 0 Å². The molecule has 2 fully saturated rings. The molecule has 0 amide bonds. The van der Waals surface area contributed by atoms with Gasteiger partial charge >= 0.3 is 0 Å². The van der Waals surface area contributed by atoms with E-state index in [9.17, 15) is 8.42 Å². The second-order valence-electron chi connectivity index (χ2n) is 6.68. The summed E-state index contributed by atoms with van der Waals surface area (Å²) in [6.07, 6.45) is 9.99. The van der Waals surface area contributed by atoms with E-state index in [0.29, 0.717) is 17.4 Å². The lowest BCUT2D eigenvalue weighted by Crippen LogP contribution is -2.37. The molecule has 1 aliphatic heterocycles. The molecule has 4 heteroatoms. The highest BCUT2D eigenvalue weighted by Gasteiger charge is 2.45. The summed E-state index contributed by atoms with van der Waals surface area (Å²) >= 11 is 3.69. The van der Waals surface area contributed by atoms with Crippen LogP contribution in [0.5, 0.6) is 0 Å². The number of halogens is 1. The molecular formula is C15H27BrO2S. The normalized spacial score (nSPS) is 38.4. The van der Waals surface area contributed by atoms with E-state index >= 15 is 0 Å². The van der Waals surface area contributed by atoms with Gasteiger partial charge in [0.25, 0.3) is 0 Å². The van der Waals surface area contributed by atoms with Crippen molar-refractivity contribution >= 4 is 25.8 Å². The van der Waals surface area contributed by atoms with Gasteiger partial charge in [0.15, 0.2) is 9.84 Å². The molecule has 1 saturated heterocycles. The molecule has 0 aromatic rings. The maximum absolute atomic E-state index is 11.7. The Morgan fingerprint density at radius 2 is 1.89 bits per heavy atom. The van der Waals surface area contributed by atoms with E-state index in [1.54, 1.807) is 0 Å². The first-order chi connectivity index (χ1) is 9.01. The van der Waals surface area contributed by atoms with Gasteiger partial charge in [-0.05, 0) is 49.4 Å². The minimum absolute atomic E-state index is 0.270. The van der Waals surface area contributed by atoms with Crippen molar-refractivity contribution in [1.29, 1.82) is 0 Å². The standard InChI is InChI=1S/C15H27BrO2S/c1-2-3-4-13-5-8-15(12-16,9-6-13)14-7-10-19(17,18)11-14/h13-14H,2-12H2,1H3. The zero-order valence-corrected chi connectivity index (χ0v) is 14.4. The van der Waals surface area contributed by atoms with E-state index in [1.165, 1.54) is 44.9 Å². The first-order valence-corrected chi connectivity index (χ1v) is 10.7. The highest BCUT2D eigenvalue weighted by Crippen LogP contribution is 2.49. The van der Waals surface area contributed by atoms with E-state index in [1.807, 2.05) is 0 Å². The summed E-state index contributed by atoms with van der Waals surface area (Å²) in [7, 11) is -2.74. The van der Waals surface area contributed by atoms with E-state index in [-0.39, 0.29) is 5.41 Å². The summed E-state index contributed by atoms with van der Waals surface area (Å²) in [6.45, 7) is 2.26. The van der Waals surface area contributed by atoms with Gasteiger partial charge in [-0.3, -0.25) is 0 Å². The molecule has 112 valence electrons. The maximum Gasteiger partial charge on any atom is 0.150 e. The van der Waals surface area contributed by atoms with Crippen molar-refractivity contribution in [3.63, 3.8) is 0 Å². The molecule has 1 saturated carbocycles. The van der Waals surface area contributed by atoms with Crippen LogP contribution in [0.25, 0.3) is 0 Å². The van der Waals surface area contributed by atoms with Crippen LogP contribution in [0, 0.1) is 17.3 Å². The zero-order chi connectivity index (χ0) is 13.9. The summed E-state index contributed by atoms with van der Waals surface area (Å²) in [5.41, 5.74) is 0.270. The molecule has 0 spiro atoms. The number of alkyl halides is 1. The highest BCUT2D eigenvalue weighted by atomic mass is 79.9. The molecule has 2 aliphatic rings. The van der Waals surface area contributed by atoms with Gasteiger partial charge in [-0.15, -0.1) is 0 Å². The monoisotopic (exact) mass is 350 g/mol. The van der Waals surface area contributed by atoms with Gasteiger partial charge in [0, 0.05) is 5.33 Å². The summed E-state index contributed by atoms with van der Waals surface area (Å²) < 4.78 is 23.5. The lowest BCUT2D eigenvalue weighted by molar-refractivity contribution is 0.108. The number of rotatable bonds is 5. The number of unbranched alkanes of at least 4 members (excludes halogenated alkanes) is 1. The van der Waals surface area contributed by atoms with E-state index in [0.717, 1.165) is 17.7 Å². The van der Waals surface area contributed by atoms with Crippen molar-refractivity contribution in [3.05, 3.63) is 0 Å². The van der Waals surface area contributed by atoms with Crippen LogP contribution in [-0.2, 0) is 9.84 Å². The largest absolute Gasteiger partial charge is 0.229 e. The predicted molar refractivity (Wildman–Crippen MR) is 84.5 cm³/mol. The summed E-state index contributed by atoms with van der Waals surface area (Å²) in [5, 5.41) is 0.987. The fourth-order valence-corrected chi connectivity index (χ4v) is 6.93. The molecule has 2 rings (SSSR count). The fourth-order valence-electron chi connectivity index (χ4n) is 3.96. The number of hydrogen-bond donors (Lipinski definition) is 0. The summed E-state index contributed by atoms with van der Waals surface area (Å²) in [5.74, 6) is 2.17. The zero-order valence-electron chi connectivity index (χ0n) is 12.0. The van der Waals surface area contributed by atoms with Crippen LogP contribution >= 0.6 is 15.9 Å². The minimum atomic E-state index is -2.74. The third-order valence-electron chi connectivity index (χ3n) is 5.43. The van der Waals surface area contributed by atoms with Crippen LogP contribution in [0.15, 0.2) is 0 Å². The second kappa shape index (κ2) is 6.46. The summed E-state index contributed by atoms with van der Waals surface area (Å²) in [4.78, 5) is 0. The Balaban J connectivity index is 1.95. The quantitative estimate of drug-likeness (QED) is 0.696. The van der Waals surface area contributed by atoms with Gasteiger partial charge in [0.05, 0.1) is 11.5 Å². The van der Waals surface area contributed by atoms with Gasteiger partial charge in [-0.25, -0.2) is 8.42 Å². The molecule has 1 unspecified atom stereocenters. The van der Waals surface area contributed by atoms with Crippen LogP contribution < -0.4 is 0 Å². The van der Waals surface area contributed by atoms with Gasteiger partial charge in [-0.2, -0.15) is 0 Å². The fraction of sp³-hybridized carbons (Fsp3) is 1.00. The maximum atomic E-state index is 11.7. The Bertz CT molecular complexity index is 383. The molecule has 0 radical (unpaired) electrons. The molecule has 2 nitrogen and oxygen atoms in total. The van der Waals surface area contributed by atoms with Crippen molar-refractivity contribution in [2.75, 3.05) is 16.8 Å². The van der Waals surface area contributed by atoms with Gasteiger partial charge in [-0.1, -0.05) is 42.1 Å². The molecular weight excluding hydrogens is 324 g/mol. The molecule has 1 atom stereocenters.